The number of nitrogens with zero attached hydrogens (tertiary/aromatic N) is 1. The molecule has 0 heterocycles. The molecule has 0 saturated heterocycles. The van der Waals surface area contributed by atoms with Gasteiger partial charge >= 0.3 is 0 Å². The fourth-order valence-corrected chi connectivity index (χ4v) is 2.42. The number of aryl methyl sites for hydroxylation is 1. The molecule has 0 N–H and O–H groups in total. The molecule has 0 aliphatic carbocycles. The topological polar surface area (TPSA) is 33.0 Å². The van der Waals surface area contributed by atoms with Crippen molar-refractivity contribution in [3.05, 3.63) is 65.7 Å². The molecule has 0 spiro atoms. The van der Waals surface area contributed by atoms with Crippen LogP contribution in [-0.2, 0) is 0 Å². The van der Waals surface area contributed by atoms with Gasteiger partial charge in [-0.2, -0.15) is 5.26 Å². The maximum Gasteiger partial charge on any atom is 0.119 e. The lowest BCUT2D eigenvalue weighted by Crippen LogP contribution is -2.01. The van der Waals surface area contributed by atoms with Gasteiger partial charge in [-0.1, -0.05) is 42.5 Å². The monoisotopic (exact) mass is 279 g/mol. The van der Waals surface area contributed by atoms with Gasteiger partial charge in [0.05, 0.1) is 18.6 Å². The summed E-state index contributed by atoms with van der Waals surface area (Å²) in [5.41, 5.74) is 2.36. The van der Waals surface area contributed by atoms with E-state index in [1.54, 1.807) is 0 Å². The van der Waals surface area contributed by atoms with Crippen LogP contribution in [0.3, 0.4) is 0 Å². The lowest BCUT2D eigenvalue weighted by atomic mass is 9.92. The lowest BCUT2D eigenvalue weighted by Gasteiger charge is -2.12. The first kappa shape index (κ1) is 15.1. The smallest absolute Gasteiger partial charge is 0.119 e. The van der Waals surface area contributed by atoms with Gasteiger partial charge in [0, 0.05) is 0 Å². The molecule has 0 bridgehead atoms. The zero-order chi connectivity index (χ0) is 14.9. The number of rotatable bonds is 7. The molecule has 108 valence electrons. The highest BCUT2D eigenvalue weighted by molar-refractivity contribution is 5.32. The summed E-state index contributed by atoms with van der Waals surface area (Å²) in [5, 5.41) is 9.36. The average molecular weight is 279 g/mol. The number of hydrogen-bond acceptors (Lipinski definition) is 2. The van der Waals surface area contributed by atoms with Gasteiger partial charge < -0.3 is 4.74 Å². The Morgan fingerprint density at radius 2 is 1.71 bits per heavy atom. The number of unbranched alkanes of at least 4 members (excludes halogenated alkanes) is 1. The summed E-state index contributed by atoms with van der Waals surface area (Å²) in [5.74, 6) is 0.899. The van der Waals surface area contributed by atoms with Gasteiger partial charge in [0.2, 0.25) is 0 Å². The maximum absolute atomic E-state index is 9.36. The highest BCUT2D eigenvalue weighted by Gasteiger charge is 2.12. The molecule has 0 saturated carbocycles. The van der Waals surface area contributed by atoms with Crippen LogP contribution >= 0.6 is 0 Å². The van der Waals surface area contributed by atoms with Crippen molar-refractivity contribution in [2.75, 3.05) is 6.61 Å². The Kier molecular flexibility index (Phi) is 5.84. The highest BCUT2D eigenvalue weighted by atomic mass is 16.5. The van der Waals surface area contributed by atoms with Crippen LogP contribution in [0.4, 0.5) is 0 Å². The largest absolute Gasteiger partial charge is 0.494 e. The molecule has 21 heavy (non-hydrogen) atoms. The maximum atomic E-state index is 9.36. The third kappa shape index (κ3) is 4.65. The first-order chi connectivity index (χ1) is 10.3. The molecule has 1 unspecified atom stereocenters. The predicted molar refractivity (Wildman–Crippen MR) is 85.3 cm³/mol. The van der Waals surface area contributed by atoms with Gasteiger partial charge in [0.15, 0.2) is 0 Å². The van der Waals surface area contributed by atoms with Crippen LogP contribution in [0.25, 0.3) is 0 Å². The van der Waals surface area contributed by atoms with Gasteiger partial charge in [-0.25, -0.2) is 0 Å². The Bertz CT molecular complexity index is 586. The number of ether oxygens (including phenoxy) is 1. The molecule has 2 aromatic rings. The Balaban J connectivity index is 1.75. The van der Waals surface area contributed by atoms with E-state index in [4.69, 9.17) is 4.74 Å². The van der Waals surface area contributed by atoms with E-state index in [1.807, 2.05) is 42.5 Å². The number of nitriles is 1. The average Bonchev–Trinajstić information content (AvgIpc) is 2.53. The van der Waals surface area contributed by atoms with Gasteiger partial charge in [0.25, 0.3) is 0 Å². The second kappa shape index (κ2) is 8.11. The molecular formula is C19H21NO. The molecule has 0 aliphatic heterocycles. The number of hydrogen-bond donors (Lipinski definition) is 0. The van der Waals surface area contributed by atoms with Crippen LogP contribution in [0.5, 0.6) is 5.75 Å². The van der Waals surface area contributed by atoms with Crippen molar-refractivity contribution in [3.63, 3.8) is 0 Å². The Morgan fingerprint density at radius 3 is 2.43 bits per heavy atom. The van der Waals surface area contributed by atoms with Crippen LogP contribution in [0, 0.1) is 18.3 Å². The normalized spacial score (nSPS) is 11.6. The second-order valence-electron chi connectivity index (χ2n) is 5.20. The minimum atomic E-state index is -0.0112. The van der Waals surface area contributed by atoms with Crippen molar-refractivity contribution in [2.24, 2.45) is 0 Å². The fraction of sp³-hybridized carbons (Fsp3) is 0.316. The lowest BCUT2D eigenvalue weighted by molar-refractivity contribution is 0.304. The molecule has 0 amide bonds. The predicted octanol–water partition coefficient (Wildman–Crippen LogP) is 4.85. The van der Waals surface area contributed by atoms with Crippen molar-refractivity contribution in [3.8, 4) is 11.8 Å². The Labute approximate surface area is 127 Å². The van der Waals surface area contributed by atoms with E-state index < -0.39 is 0 Å². The summed E-state index contributed by atoms with van der Waals surface area (Å²) in [7, 11) is 0. The first-order valence-electron chi connectivity index (χ1n) is 7.44. The summed E-state index contributed by atoms with van der Waals surface area (Å²) in [4.78, 5) is 0. The van der Waals surface area contributed by atoms with E-state index >= 15 is 0 Å². The fourth-order valence-electron chi connectivity index (χ4n) is 2.42. The van der Waals surface area contributed by atoms with Crippen molar-refractivity contribution in [2.45, 2.75) is 32.1 Å². The molecule has 2 heteroatoms. The second-order valence-corrected chi connectivity index (χ2v) is 5.20. The third-order valence-electron chi connectivity index (χ3n) is 3.62. The zero-order valence-corrected chi connectivity index (χ0v) is 12.5. The van der Waals surface area contributed by atoms with E-state index in [9.17, 15) is 5.26 Å². The van der Waals surface area contributed by atoms with Gasteiger partial charge in [-0.3, -0.25) is 0 Å². The summed E-state index contributed by atoms with van der Waals surface area (Å²) in [6.07, 6.45) is 2.86. The van der Waals surface area contributed by atoms with Crippen LogP contribution < -0.4 is 4.74 Å². The SMILES string of the molecule is Cc1ccccc1C(C#N)CCCCOc1ccccc1. The highest BCUT2D eigenvalue weighted by Crippen LogP contribution is 2.24. The quantitative estimate of drug-likeness (QED) is 0.679. The van der Waals surface area contributed by atoms with Crippen LogP contribution in [0.2, 0.25) is 0 Å². The molecule has 0 radical (unpaired) electrons. The molecule has 0 fully saturated rings. The van der Waals surface area contributed by atoms with E-state index in [-0.39, 0.29) is 5.92 Å². The zero-order valence-electron chi connectivity index (χ0n) is 12.5. The summed E-state index contributed by atoms with van der Waals surface area (Å²) < 4.78 is 5.67. The summed E-state index contributed by atoms with van der Waals surface area (Å²) in [6, 6.07) is 20.4. The van der Waals surface area contributed by atoms with Crippen molar-refractivity contribution in [1.29, 1.82) is 5.26 Å². The van der Waals surface area contributed by atoms with Crippen LogP contribution in [0.15, 0.2) is 54.6 Å². The number of para-hydroxylation sites is 1. The number of benzene rings is 2. The molecule has 2 nitrogen and oxygen atoms in total. The van der Waals surface area contributed by atoms with E-state index in [0.717, 1.165) is 30.6 Å². The molecule has 0 aromatic heterocycles. The van der Waals surface area contributed by atoms with Crippen molar-refractivity contribution < 1.29 is 4.74 Å². The van der Waals surface area contributed by atoms with E-state index in [0.29, 0.717) is 6.61 Å². The summed E-state index contributed by atoms with van der Waals surface area (Å²) >= 11 is 0. The van der Waals surface area contributed by atoms with Gasteiger partial charge in [0.1, 0.15) is 5.75 Å². The van der Waals surface area contributed by atoms with E-state index in [2.05, 4.69) is 25.1 Å². The standard InChI is InChI=1S/C19H21NO/c1-16-9-5-6-13-19(16)17(15-20)10-7-8-14-21-18-11-3-2-4-12-18/h2-6,9,11-13,17H,7-8,10,14H2,1H3. The van der Waals surface area contributed by atoms with Crippen LogP contribution in [0.1, 0.15) is 36.3 Å². The van der Waals surface area contributed by atoms with Crippen LogP contribution in [-0.4, -0.2) is 6.61 Å². The Hall–Kier alpha value is -2.27. The van der Waals surface area contributed by atoms with Gasteiger partial charge in [-0.05, 0) is 49.4 Å². The molecule has 1 atom stereocenters. The molecule has 0 aliphatic rings. The third-order valence-corrected chi connectivity index (χ3v) is 3.62. The summed E-state index contributed by atoms with van der Waals surface area (Å²) in [6.45, 7) is 2.77. The first-order valence-corrected chi connectivity index (χ1v) is 7.44. The van der Waals surface area contributed by atoms with Crippen molar-refractivity contribution in [1.82, 2.24) is 0 Å². The Morgan fingerprint density at radius 1 is 1.00 bits per heavy atom. The minimum Gasteiger partial charge on any atom is -0.494 e. The van der Waals surface area contributed by atoms with Gasteiger partial charge in [-0.15, -0.1) is 0 Å². The van der Waals surface area contributed by atoms with E-state index in [1.165, 1.54) is 5.56 Å². The van der Waals surface area contributed by atoms with Crippen molar-refractivity contribution >= 4 is 0 Å². The molecular weight excluding hydrogens is 258 g/mol. The minimum absolute atomic E-state index is 0.0112. The molecule has 2 aromatic carbocycles. The molecule has 2 rings (SSSR count).